The van der Waals surface area contributed by atoms with Gasteiger partial charge >= 0.3 is 0 Å². The topological polar surface area (TPSA) is 41.1 Å². The lowest BCUT2D eigenvalue weighted by Gasteiger charge is -2.25. The molecule has 2 rings (SSSR count). The lowest BCUT2D eigenvalue weighted by atomic mass is 10.2. The summed E-state index contributed by atoms with van der Waals surface area (Å²) in [5.41, 5.74) is 0. The number of hydrogen-bond donors (Lipinski definition) is 1. The van der Waals surface area contributed by atoms with E-state index in [0.717, 1.165) is 12.4 Å². The summed E-state index contributed by atoms with van der Waals surface area (Å²) in [6.45, 7) is 5.04. The highest BCUT2D eigenvalue weighted by molar-refractivity contribution is 7.10. The minimum absolute atomic E-state index is 0.314. The van der Waals surface area contributed by atoms with Gasteiger partial charge in [-0.1, -0.05) is 6.07 Å². The number of hydrogen-bond acceptors (Lipinski definition) is 5. The highest BCUT2D eigenvalue weighted by Gasteiger charge is 2.14. The van der Waals surface area contributed by atoms with Gasteiger partial charge in [-0.25, -0.2) is 4.98 Å². The van der Waals surface area contributed by atoms with Gasteiger partial charge in [0.15, 0.2) is 0 Å². The van der Waals surface area contributed by atoms with Crippen LogP contribution < -0.4 is 10.2 Å². The lowest BCUT2D eigenvalue weighted by Crippen LogP contribution is -2.22. The van der Waals surface area contributed by atoms with Gasteiger partial charge < -0.3 is 10.2 Å². The summed E-state index contributed by atoms with van der Waals surface area (Å²) in [7, 11) is 2.06. The zero-order valence-electron chi connectivity index (χ0n) is 10.9. The Hall–Kier alpha value is -1.62. The summed E-state index contributed by atoms with van der Waals surface area (Å²) in [6, 6.07) is 6.48. The Bertz CT molecular complexity index is 483. The van der Waals surface area contributed by atoms with E-state index in [0.29, 0.717) is 12.0 Å². The monoisotopic (exact) mass is 262 g/mol. The first-order valence-electron chi connectivity index (χ1n) is 6.05. The summed E-state index contributed by atoms with van der Waals surface area (Å²) in [6.07, 6.45) is 1.79. The molecule has 1 atom stereocenters. The molecule has 0 aliphatic carbocycles. The third kappa shape index (κ3) is 2.79. The van der Waals surface area contributed by atoms with Gasteiger partial charge in [-0.05, 0) is 31.4 Å². The average molecular weight is 262 g/mol. The molecule has 0 saturated heterocycles. The van der Waals surface area contributed by atoms with Gasteiger partial charge in [0, 0.05) is 24.7 Å². The number of nitrogens with one attached hydrogen (secondary N) is 1. The van der Waals surface area contributed by atoms with Crippen molar-refractivity contribution in [1.29, 1.82) is 0 Å². The normalized spacial score (nSPS) is 12.2. The third-order valence-electron chi connectivity index (χ3n) is 2.87. The molecule has 0 fully saturated rings. The largest absolute Gasteiger partial charge is 0.354 e. The fourth-order valence-corrected chi connectivity index (χ4v) is 2.53. The van der Waals surface area contributed by atoms with E-state index in [-0.39, 0.29) is 0 Å². The first kappa shape index (κ1) is 12.8. The Kier molecular flexibility index (Phi) is 4.15. The minimum atomic E-state index is 0.314. The molecule has 2 aromatic rings. The van der Waals surface area contributed by atoms with Crippen molar-refractivity contribution in [2.75, 3.05) is 23.8 Å². The molecule has 0 bridgehead atoms. The van der Waals surface area contributed by atoms with Gasteiger partial charge in [0.05, 0.1) is 6.04 Å². The van der Waals surface area contributed by atoms with E-state index >= 15 is 0 Å². The molecule has 0 saturated carbocycles. The zero-order valence-corrected chi connectivity index (χ0v) is 11.7. The van der Waals surface area contributed by atoms with Gasteiger partial charge in [-0.2, -0.15) is 4.98 Å². The number of thiophene rings is 1. The van der Waals surface area contributed by atoms with Crippen molar-refractivity contribution in [1.82, 2.24) is 9.97 Å². The van der Waals surface area contributed by atoms with Crippen LogP contribution in [0, 0.1) is 0 Å². The maximum atomic E-state index is 4.50. The van der Waals surface area contributed by atoms with Crippen molar-refractivity contribution in [2.45, 2.75) is 19.9 Å². The fourth-order valence-electron chi connectivity index (χ4n) is 1.71. The summed E-state index contributed by atoms with van der Waals surface area (Å²) in [4.78, 5) is 12.2. The maximum Gasteiger partial charge on any atom is 0.224 e. The number of aromatic nitrogens is 2. The van der Waals surface area contributed by atoms with Crippen LogP contribution in [0.5, 0.6) is 0 Å². The fraction of sp³-hybridized carbons (Fsp3) is 0.385. The molecule has 0 radical (unpaired) electrons. The van der Waals surface area contributed by atoms with Crippen LogP contribution in [0.1, 0.15) is 24.8 Å². The van der Waals surface area contributed by atoms with E-state index in [2.05, 4.69) is 51.7 Å². The van der Waals surface area contributed by atoms with Crippen LogP contribution in [0.25, 0.3) is 0 Å². The molecular weight excluding hydrogens is 244 g/mol. The third-order valence-corrected chi connectivity index (χ3v) is 3.92. The number of rotatable bonds is 5. The van der Waals surface area contributed by atoms with Crippen LogP contribution in [-0.4, -0.2) is 23.6 Å². The molecule has 2 aromatic heterocycles. The first-order chi connectivity index (χ1) is 8.72. The molecule has 4 nitrogen and oxygen atoms in total. The van der Waals surface area contributed by atoms with Crippen LogP contribution in [0.3, 0.4) is 0 Å². The van der Waals surface area contributed by atoms with E-state index in [1.807, 2.05) is 13.0 Å². The molecule has 0 aliphatic rings. The molecule has 1 unspecified atom stereocenters. The van der Waals surface area contributed by atoms with Crippen molar-refractivity contribution in [3.63, 3.8) is 0 Å². The van der Waals surface area contributed by atoms with E-state index < -0.39 is 0 Å². The van der Waals surface area contributed by atoms with E-state index in [4.69, 9.17) is 0 Å². The van der Waals surface area contributed by atoms with Crippen molar-refractivity contribution in [3.05, 3.63) is 34.7 Å². The first-order valence-corrected chi connectivity index (χ1v) is 6.93. The highest BCUT2D eigenvalue weighted by Crippen LogP contribution is 2.27. The van der Waals surface area contributed by atoms with Crippen molar-refractivity contribution < 1.29 is 0 Å². The van der Waals surface area contributed by atoms with E-state index in [1.54, 1.807) is 17.5 Å². The predicted octanol–water partition coefficient (Wildman–Crippen LogP) is 3.17. The quantitative estimate of drug-likeness (QED) is 0.898. The smallest absolute Gasteiger partial charge is 0.224 e. The molecule has 0 aromatic carbocycles. The van der Waals surface area contributed by atoms with Gasteiger partial charge in [0.25, 0.3) is 0 Å². The van der Waals surface area contributed by atoms with Crippen LogP contribution in [-0.2, 0) is 0 Å². The lowest BCUT2D eigenvalue weighted by molar-refractivity contribution is 0.740. The molecular formula is C13H18N4S. The van der Waals surface area contributed by atoms with E-state index in [9.17, 15) is 0 Å². The summed E-state index contributed by atoms with van der Waals surface area (Å²) in [5, 5.41) is 5.23. The molecule has 0 amide bonds. The van der Waals surface area contributed by atoms with Gasteiger partial charge in [-0.3, -0.25) is 0 Å². The Balaban J connectivity index is 2.17. The second-order valence-electron chi connectivity index (χ2n) is 4.07. The van der Waals surface area contributed by atoms with E-state index in [1.165, 1.54) is 4.88 Å². The Morgan fingerprint density at radius 1 is 1.44 bits per heavy atom. The zero-order chi connectivity index (χ0) is 13.0. The Morgan fingerprint density at radius 3 is 2.94 bits per heavy atom. The van der Waals surface area contributed by atoms with Gasteiger partial charge in [-0.15, -0.1) is 11.3 Å². The van der Waals surface area contributed by atoms with Crippen molar-refractivity contribution in [3.8, 4) is 0 Å². The molecule has 0 aliphatic heterocycles. The molecule has 0 spiro atoms. The van der Waals surface area contributed by atoms with Crippen molar-refractivity contribution >= 4 is 23.1 Å². The standard InChI is InChI=1S/C13H18N4S/c1-4-14-13-15-8-7-12(16-13)17(3)10(2)11-6-5-9-18-11/h5-10H,4H2,1-3H3,(H,14,15,16). The van der Waals surface area contributed by atoms with Gasteiger partial charge in [0.1, 0.15) is 5.82 Å². The second-order valence-corrected chi connectivity index (χ2v) is 5.05. The van der Waals surface area contributed by atoms with Crippen LogP contribution >= 0.6 is 11.3 Å². The molecule has 2 heterocycles. The van der Waals surface area contributed by atoms with Gasteiger partial charge in [0.2, 0.25) is 5.95 Å². The van der Waals surface area contributed by atoms with Crippen LogP contribution in [0.4, 0.5) is 11.8 Å². The predicted molar refractivity (Wildman–Crippen MR) is 77.3 cm³/mol. The summed E-state index contributed by atoms with van der Waals surface area (Å²) >= 11 is 1.77. The van der Waals surface area contributed by atoms with Crippen LogP contribution in [0.2, 0.25) is 0 Å². The molecule has 1 N–H and O–H groups in total. The second kappa shape index (κ2) is 5.82. The number of anilines is 2. The Morgan fingerprint density at radius 2 is 2.28 bits per heavy atom. The van der Waals surface area contributed by atoms with Crippen molar-refractivity contribution in [2.24, 2.45) is 0 Å². The van der Waals surface area contributed by atoms with Crippen LogP contribution in [0.15, 0.2) is 29.8 Å². The highest BCUT2D eigenvalue weighted by atomic mass is 32.1. The Labute approximate surface area is 112 Å². The summed E-state index contributed by atoms with van der Waals surface area (Å²) in [5.74, 6) is 1.61. The molecule has 18 heavy (non-hydrogen) atoms. The summed E-state index contributed by atoms with van der Waals surface area (Å²) < 4.78 is 0. The molecule has 96 valence electrons. The average Bonchev–Trinajstić information content (AvgIpc) is 2.91. The SMILES string of the molecule is CCNc1nccc(N(C)C(C)c2cccs2)n1. The molecule has 5 heteroatoms. The minimum Gasteiger partial charge on any atom is -0.354 e. The maximum absolute atomic E-state index is 4.50. The number of nitrogens with zero attached hydrogens (tertiary/aromatic N) is 3.